The van der Waals surface area contributed by atoms with Gasteiger partial charge in [0.15, 0.2) is 11.5 Å². The van der Waals surface area contributed by atoms with E-state index in [-0.39, 0.29) is 87.3 Å². The van der Waals surface area contributed by atoms with Crippen LogP contribution in [0.25, 0.3) is 27.9 Å². The molecule has 1 aliphatic rings. The van der Waals surface area contributed by atoms with Crippen LogP contribution in [0.4, 0.5) is 13.2 Å². The van der Waals surface area contributed by atoms with E-state index in [0.717, 1.165) is 25.3 Å². The topological polar surface area (TPSA) is 150 Å². The molecule has 0 aliphatic heterocycles. The minimum atomic E-state index is -4.54. The van der Waals surface area contributed by atoms with E-state index in [0.29, 0.717) is 33.5 Å². The average molecular weight is 593 g/mol. The quantitative estimate of drug-likeness (QED) is 0.187. The summed E-state index contributed by atoms with van der Waals surface area (Å²) in [5.41, 5.74) is 7.68. The third-order valence-electron chi connectivity index (χ3n) is 6.27. The van der Waals surface area contributed by atoms with Gasteiger partial charge in [0.05, 0.1) is 18.2 Å². The summed E-state index contributed by atoms with van der Waals surface area (Å²) < 4.78 is 51.7. The number of halogens is 3. The largest absolute Gasteiger partial charge is 1.00 e. The molecule has 1 aliphatic carbocycles. The third kappa shape index (κ3) is 7.43. The van der Waals surface area contributed by atoms with E-state index in [4.69, 9.17) is 26.0 Å². The van der Waals surface area contributed by atoms with Crippen LogP contribution in [0.15, 0.2) is 48.6 Å². The maximum absolute atomic E-state index is 13.1. The third-order valence-corrected chi connectivity index (χ3v) is 6.27. The number of imidazole rings is 1. The monoisotopic (exact) mass is 592 g/mol. The predicted octanol–water partition coefficient (Wildman–Crippen LogP) is 2.18. The molecule has 1 fully saturated rings. The summed E-state index contributed by atoms with van der Waals surface area (Å²) in [6.45, 7) is 0.0440. The molecule has 0 radical (unpaired) electrons. The first-order valence-corrected chi connectivity index (χ1v) is 12.2. The Kier molecular flexibility index (Phi) is 10.9. The number of aryl methyl sites for hydroxylation is 1. The predicted molar refractivity (Wildman–Crippen MR) is 145 cm³/mol. The van der Waals surface area contributed by atoms with Crippen LogP contribution in [0, 0.1) is 16.7 Å². The zero-order valence-corrected chi connectivity index (χ0v) is 26.2. The van der Waals surface area contributed by atoms with E-state index >= 15 is 0 Å². The van der Waals surface area contributed by atoms with Gasteiger partial charge in [0.1, 0.15) is 12.4 Å². The number of hydrogen-bond donors (Lipinski definition) is 3. The van der Waals surface area contributed by atoms with Gasteiger partial charge >= 0.3 is 57.6 Å². The van der Waals surface area contributed by atoms with Gasteiger partial charge in [-0.25, -0.2) is 9.97 Å². The Morgan fingerprint density at radius 2 is 1.90 bits per heavy atom. The molecular weight excluding hydrogens is 564 g/mol. The molecule has 0 atom stereocenters. The summed E-state index contributed by atoms with van der Waals surface area (Å²) >= 11 is 0. The first kappa shape index (κ1) is 32.5. The van der Waals surface area contributed by atoms with Crippen molar-refractivity contribution in [2.24, 2.45) is 18.7 Å². The molecule has 1 aromatic carbocycles. The van der Waals surface area contributed by atoms with Crippen molar-refractivity contribution in [1.29, 1.82) is 10.8 Å². The van der Waals surface area contributed by atoms with Gasteiger partial charge in [-0.15, -0.1) is 12.7 Å². The van der Waals surface area contributed by atoms with E-state index in [1.54, 1.807) is 31.3 Å². The van der Waals surface area contributed by atoms with Crippen LogP contribution in [0.5, 0.6) is 5.88 Å². The first-order chi connectivity index (χ1) is 19.1. The number of hydrogen-bond acceptors (Lipinski definition) is 8. The molecule has 0 amide bonds. The van der Waals surface area contributed by atoms with Gasteiger partial charge in [-0.05, 0) is 24.3 Å². The molecule has 4 N–H and O–H groups in total. The van der Waals surface area contributed by atoms with E-state index in [1.165, 1.54) is 31.1 Å². The van der Waals surface area contributed by atoms with Crippen LogP contribution in [-0.4, -0.2) is 45.8 Å². The van der Waals surface area contributed by atoms with Crippen LogP contribution in [0.2, 0.25) is 0 Å². The molecule has 10 nitrogen and oxygen atoms in total. The van der Waals surface area contributed by atoms with Crippen LogP contribution in [-0.2, 0) is 24.6 Å². The van der Waals surface area contributed by atoms with Crippen LogP contribution >= 0.6 is 0 Å². The van der Waals surface area contributed by atoms with Gasteiger partial charge < -0.3 is 30.5 Å². The molecule has 210 valence electrons. The van der Waals surface area contributed by atoms with Crippen LogP contribution < -0.4 is 61.9 Å². The Balaban J connectivity index is 0.00000462. The van der Waals surface area contributed by atoms with Crippen molar-refractivity contribution in [3.63, 3.8) is 0 Å². The fourth-order valence-electron chi connectivity index (χ4n) is 4.07. The van der Waals surface area contributed by atoms with Gasteiger partial charge in [0.25, 0.3) is 0 Å². The molecule has 0 spiro atoms. The van der Waals surface area contributed by atoms with E-state index < -0.39 is 11.9 Å². The summed E-state index contributed by atoms with van der Waals surface area (Å²) in [6.07, 6.45) is 2.04. The molecule has 2 aromatic heterocycles. The number of ether oxygens (including phenoxy) is 2. The Morgan fingerprint density at radius 1 is 1.22 bits per heavy atom. The number of methoxy groups -OCH3 is 1. The molecule has 41 heavy (non-hydrogen) atoms. The second kappa shape index (κ2) is 13.7. The molecule has 4 rings (SSSR count). The zero-order chi connectivity index (χ0) is 29.0. The maximum atomic E-state index is 13.1. The molecule has 3 aromatic rings. The fourth-order valence-corrected chi connectivity index (χ4v) is 4.07. The Labute approximate surface area is 277 Å². The second-order valence-electron chi connectivity index (χ2n) is 9.01. The van der Waals surface area contributed by atoms with Gasteiger partial charge in [0, 0.05) is 43.0 Å². The number of benzene rings is 1. The molecule has 0 unspecified atom stereocenters. The number of nitrogens with one attached hydrogen (secondary N) is 2. The number of allylic oxidation sites excluding steroid dienone is 2. The molecule has 0 bridgehead atoms. The van der Waals surface area contributed by atoms with Crippen molar-refractivity contribution in [1.82, 2.24) is 19.5 Å². The van der Waals surface area contributed by atoms with Crippen molar-refractivity contribution in [2.75, 3.05) is 14.2 Å². The smallest absolute Gasteiger partial charge is 0.689 e. The van der Waals surface area contributed by atoms with E-state index in [9.17, 15) is 13.2 Å². The number of alkyl halides is 3. The van der Waals surface area contributed by atoms with Crippen molar-refractivity contribution < 1.29 is 74.0 Å². The van der Waals surface area contributed by atoms with Gasteiger partial charge in [-0.1, -0.05) is 24.3 Å². The van der Waals surface area contributed by atoms with Crippen LogP contribution in [0.3, 0.4) is 0 Å². The van der Waals surface area contributed by atoms with Gasteiger partial charge in [0.2, 0.25) is 11.8 Å². The van der Waals surface area contributed by atoms with Crippen LogP contribution in [0.1, 0.15) is 35.5 Å². The number of nitrogens with two attached hydrogens (primary N) is 1. The summed E-state index contributed by atoms with van der Waals surface area (Å²) in [5.74, 6) is 0.546. The van der Waals surface area contributed by atoms with Gasteiger partial charge in [-0.3, -0.25) is 5.41 Å². The molecule has 1 saturated carbocycles. The van der Waals surface area contributed by atoms with Crippen molar-refractivity contribution in [3.05, 3.63) is 76.5 Å². The summed E-state index contributed by atoms with van der Waals surface area (Å²) in [4.78, 5) is 12.7. The van der Waals surface area contributed by atoms with E-state index in [1.807, 2.05) is 0 Å². The second-order valence-corrected chi connectivity index (χ2v) is 9.01. The SMILES string of the molecule is C[N-]/C(=C(\C(=N)OC)c1ncc(/C(C=N)=C/N)c(OCc2ccc(-c3nc(C(F)(F)F)cn3C)cc2)n1)C1CC1.[K+]. The Hall–Kier alpha value is -3.04. The summed E-state index contributed by atoms with van der Waals surface area (Å²) in [5, 5.41) is 20.4. The standard InChI is InChI=1S/C27H28F3N8O2.K/c1-34-22(16-8-9-16)21(23(33)39-3)24-35-12-19(18(10-31)11-32)26(37-24)40-14-15-4-6-17(7-5-15)25-36-20(13-38(25)2)27(28,29)30;/h4-7,10-13,16,31,33H,8-9,14,32H2,1-3H3;/q-1;+1/b18-11+,22-21+,31-10?,33-23?;. The van der Waals surface area contributed by atoms with E-state index in [2.05, 4.69) is 20.3 Å². The molecule has 0 saturated heterocycles. The first-order valence-electron chi connectivity index (χ1n) is 12.2. The average Bonchev–Trinajstić information content (AvgIpc) is 3.71. The van der Waals surface area contributed by atoms with Crippen molar-refractivity contribution >= 4 is 23.3 Å². The Morgan fingerprint density at radius 3 is 2.41 bits per heavy atom. The van der Waals surface area contributed by atoms with Gasteiger partial charge in [-0.2, -0.15) is 18.2 Å². The molecular formula is C27H28F3KN8O2. The molecule has 2 heterocycles. The number of rotatable bonds is 10. The normalized spacial score (nSPS) is 14.0. The minimum absolute atomic E-state index is 0. The maximum Gasteiger partial charge on any atom is 1.00 e. The molecule has 14 heteroatoms. The zero-order valence-electron chi connectivity index (χ0n) is 23.1. The fraction of sp³-hybridized carbons (Fsp3) is 0.296. The Bertz CT molecular complexity index is 1480. The minimum Gasteiger partial charge on any atom is -0.689 e. The summed E-state index contributed by atoms with van der Waals surface area (Å²) in [6, 6.07) is 6.73. The van der Waals surface area contributed by atoms with Crippen molar-refractivity contribution in [3.8, 4) is 17.3 Å². The number of nitrogens with zero attached hydrogens (tertiary/aromatic N) is 5. The summed E-state index contributed by atoms with van der Waals surface area (Å²) in [7, 11) is 4.53. The number of aromatic nitrogens is 4. The van der Waals surface area contributed by atoms with Crippen molar-refractivity contribution in [2.45, 2.75) is 25.6 Å².